The summed E-state index contributed by atoms with van der Waals surface area (Å²) in [6, 6.07) is 23.7. The van der Waals surface area contributed by atoms with E-state index in [1.807, 2.05) is 47.8 Å². The second-order valence-corrected chi connectivity index (χ2v) is 6.79. The summed E-state index contributed by atoms with van der Waals surface area (Å²) in [4.78, 5) is 24.7. The molecule has 0 unspecified atom stereocenters. The first-order valence-corrected chi connectivity index (χ1v) is 9.30. The highest BCUT2D eigenvalue weighted by Crippen LogP contribution is 2.23. The fourth-order valence-electron chi connectivity index (χ4n) is 2.73. The van der Waals surface area contributed by atoms with Crippen molar-refractivity contribution in [2.24, 2.45) is 0 Å². The number of carbonyl (C=O) groups excluding carboxylic acids is 2. The molecule has 132 valence electrons. The van der Waals surface area contributed by atoms with Gasteiger partial charge < -0.3 is 10.6 Å². The Hall–Kier alpha value is -2.92. The van der Waals surface area contributed by atoms with Gasteiger partial charge in [-0.15, -0.1) is 11.3 Å². The monoisotopic (exact) mass is 364 g/mol. The molecule has 0 aliphatic rings. The van der Waals surface area contributed by atoms with E-state index in [0.717, 1.165) is 11.1 Å². The molecule has 0 aliphatic heterocycles. The predicted octanol–water partition coefficient (Wildman–Crippen LogP) is 3.43. The average Bonchev–Trinajstić information content (AvgIpc) is 3.23. The molecule has 1 heterocycles. The van der Waals surface area contributed by atoms with Gasteiger partial charge in [-0.2, -0.15) is 0 Å². The van der Waals surface area contributed by atoms with Crippen molar-refractivity contribution in [1.29, 1.82) is 0 Å². The van der Waals surface area contributed by atoms with Gasteiger partial charge in [-0.1, -0.05) is 66.7 Å². The van der Waals surface area contributed by atoms with Crippen LogP contribution in [0.15, 0.2) is 78.2 Å². The molecule has 3 aromatic rings. The van der Waals surface area contributed by atoms with E-state index in [-0.39, 0.29) is 24.3 Å². The molecule has 3 rings (SSSR count). The van der Waals surface area contributed by atoms with Crippen molar-refractivity contribution in [2.45, 2.75) is 5.92 Å². The molecule has 4 nitrogen and oxygen atoms in total. The molecule has 2 N–H and O–H groups in total. The molecule has 0 radical (unpaired) electrons. The van der Waals surface area contributed by atoms with Gasteiger partial charge in [-0.25, -0.2) is 0 Å². The SMILES string of the molecule is O=C(CNC(=O)c1cccs1)NCC(c1ccccc1)c1ccccc1. The number of benzene rings is 2. The quantitative estimate of drug-likeness (QED) is 0.675. The van der Waals surface area contributed by atoms with E-state index >= 15 is 0 Å². The third-order valence-electron chi connectivity index (χ3n) is 4.06. The van der Waals surface area contributed by atoms with Gasteiger partial charge in [-0.05, 0) is 22.6 Å². The van der Waals surface area contributed by atoms with Gasteiger partial charge >= 0.3 is 0 Å². The summed E-state index contributed by atoms with van der Waals surface area (Å²) in [6.07, 6.45) is 0. The van der Waals surface area contributed by atoms with Crippen LogP contribution < -0.4 is 10.6 Å². The minimum absolute atomic E-state index is 0.0347. The minimum Gasteiger partial charge on any atom is -0.354 e. The van der Waals surface area contributed by atoms with Crippen molar-refractivity contribution in [2.75, 3.05) is 13.1 Å². The van der Waals surface area contributed by atoms with E-state index in [9.17, 15) is 9.59 Å². The maximum Gasteiger partial charge on any atom is 0.261 e. The zero-order valence-corrected chi connectivity index (χ0v) is 15.0. The van der Waals surface area contributed by atoms with Gasteiger partial charge in [0.05, 0.1) is 11.4 Å². The first kappa shape index (κ1) is 17.9. The van der Waals surface area contributed by atoms with Gasteiger partial charge in [0.25, 0.3) is 5.91 Å². The van der Waals surface area contributed by atoms with Crippen LogP contribution in [-0.4, -0.2) is 24.9 Å². The standard InChI is InChI=1S/C21H20N2O2S/c24-20(15-23-21(25)19-12-7-13-26-19)22-14-18(16-8-3-1-4-9-16)17-10-5-2-6-11-17/h1-13,18H,14-15H2,(H,22,24)(H,23,25). The van der Waals surface area contributed by atoms with Crippen LogP contribution in [-0.2, 0) is 4.79 Å². The smallest absolute Gasteiger partial charge is 0.261 e. The van der Waals surface area contributed by atoms with Crippen LogP contribution in [0.4, 0.5) is 0 Å². The largest absolute Gasteiger partial charge is 0.354 e. The van der Waals surface area contributed by atoms with Crippen LogP contribution in [0.5, 0.6) is 0 Å². The Bertz CT molecular complexity index is 793. The van der Waals surface area contributed by atoms with Crippen LogP contribution in [0, 0.1) is 0 Å². The van der Waals surface area contributed by atoms with Gasteiger partial charge in [0.1, 0.15) is 0 Å². The van der Waals surface area contributed by atoms with Crippen molar-refractivity contribution in [3.8, 4) is 0 Å². The molecule has 0 aliphatic carbocycles. The summed E-state index contributed by atoms with van der Waals surface area (Å²) in [7, 11) is 0. The Morgan fingerprint density at radius 1 is 0.808 bits per heavy atom. The van der Waals surface area contributed by atoms with Gasteiger partial charge in [0.2, 0.25) is 5.91 Å². The van der Waals surface area contributed by atoms with Crippen molar-refractivity contribution < 1.29 is 9.59 Å². The van der Waals surface area contributed by atoms with Crippen molar-refractivity contribution in [3.63, 3.8) is 0 Å². The van der Waals surface area contributed by atoms with Crippen LogP contribution in [0.25, 0.3) is 0 Å². The van der Waals surface area contributed by atoms with Crippen molar-refractivity contribution in [3.05, 3.63) is 94.2 Å². The molecule has 0 saturated carbocycles. The Morgan fingerprint density at radius 3 is 1.96 bits per heavy atom. The lowest BCUT2D eigenvalue weighted by Gasteiger charge is -2.19. The summed E-state index contributed by atoms with van der Waals surface area (Å²) < 4.78 is 0. The van der Waals surface area contributed by atoms with E-state index < -0.39 is 0 Å². The zero-order chi connectivity index (χ0) is 18.2. The first-order valence-electron chi connectivity index (χ1n) is 8.42. The van der Waals surface area contributed by atoms with Crippen LogP contribution in [0.1, 0.15) is 26.7 Å². The first-order chi connectivity index (χ1) is 12.7. The number of hydrogen-bond acceptors (Lipinski definition) is 3. The fourth-order valence-corrected chi connectivity index (χ4v) is 3.37. The molecular weight excluding hydrogens is 344 g/mol. The molecule has 26 heavy (non-hydrogen) atoms. The zero-order valence-electron chi connectivity index (χ0n) is 14.2. The number of thiophene rings is 1. The lowest BCUT2D eigenvalue weighted by Crippen LogP contribution is -2.38. The van der Waals surface area contributed by atoms with Gasteiger partial charge in [0, 0.05) is 12.5 Å². The van der Waals surface area contributed by atoms with E-state index in [4.69, 9.17) is 0 Å². The third-order valence-corrected chi connectivity index (χ3v) is 4.93. The Morgan fingerprint density at radius 2 is 1.42 bits per heavy atom. The summed E-state index contributed by atoms with van der Waals surface area (Å²) in [5, 5.41) is 7.41. The average molecular weight is 364 g/mol. The molecule has 2 amide bonds. The highest BCUT2D eigenvalue weighted by molar-refractivity contribution is 7.12. The highest BCUT2D eigenvalue weighted by atomic mass is 32.1. The molecular formula is C21H20N2O2S. The maximum absolute atomic E-state index is 12.2. The third kappa shape index (κ3) is 4.80. The number of nitrogens with one attached hydrogen (secondary N) is 2. The van der Waals surface area contributed by atoms with Crippen LogP contribution in [0.2, 0.25) is 0 Å². The number of hydrogen-bond donors (Lipinski definition) is 2. The van der Waals surface area contributed by atoms with Gasteiger partial charge in [-0.3, -0.25) is 9.59 Å². The molecule has 0 spiro atoms. The molecule has 2 aromatic carbocycles. The summed E-state index contributed by atoms with van der Waals surface area (Å²) in [6.45, 7) is 0.439. The topological polar surface area (TPSA) is 58.2 Å². The number of rotatable bonds is 7. The predicted molar refractivity (Wildman–Crippen MR) is 104 cm³/mol. The van der Waals surface area contributed by atoms with Crippen LogP contribution in [0.3, 0.4) is 0 Å². The van der Waals surface area contributed by atoms with E-state index in [2.05, 4.69) is 34.9 Å². The summed E-state index contributed by atoms with van der Waals surface area (Å²) >= 11 is 1.35. The molecule has 0 fully saturated rings. The molecule has 0 saturated heterocycles. The molecule has 5 heteroatoms. The Kier molecular flexibility index (Phi) is 6.17. The lowest BCUT2D eigenvalue weighted by molar-refractivity contribution is -0.120. The highest BCUT2D eigenvalue weighted by Gasteiger charge is 2.15. The van der Waals surface area contributed by atoms with Crippen LogP contribution >= 0.6 is 11.3 Å². The second kappa shape index (κ2) is 8.97. The number of amides is 2. The molecule has 0 atom stereocenters. The maximum atomic E-state index is 12.2. The summed E-state index contributed by atoms with van der Waals surface area (Å²) in [5.41, 5.74) is 2.28. The van der Waals surface area contributed by atoms with Crippen molar-refractivity contribution in [1.82, 2.24) is 10.6 Å². The normalized spacial score (nSPS) is 10.5. The second-order valence-electron chi connectivity index (χ2n) is 5.84. The van der Waals surface area contributed by atoms with Gasteiger partial charge in [0.15, 0.2) is 0 Å². The number of carbonyl (C=O) groups is 2. The van der Waals surface area contributed by atoms with E-state index in [1.54, 1.807) is 6.07 Å². The molecule has 1 aromatic heterocycles. The van der Waals surface area contributed by atoms with E-state index in [0.29, 0.717) is 11.4 Å². The fraction of sp³-hybridized carbons (Fsp3) is 0.143. The Labute approximate surface area is 156 Å². The minimum atomic E-state index is -0.224. The molecule has 0 bridgehead atoms. The van der Waals surface area contributed by atoms with Crippen molar-refractivity contribution >= 4 is 23.2 Å². The van der Waals surface area contributed by atoms with E-state index in [1.165, 1.54) is 11.3 Å². The lowest BCUT2D eigenvalue weighted by atomic mass is 9.91. The Balaban J connectivity index is 1.59. The summed E-state index contributed by atoms with van der Waals surface area (Å²) in [5.74, 6) is -0.362.